The number of nitrogens with one attached hydrogen (secondary N) is 1. The summed E-state index contributed by atoms with van der Waals surface area (Å²) in [5.41, 5.74) is 1.06. The summed E-state index contributed by atoms with van der Waals surface area (Å²) in [4.78, 5) is 16.9. The maximum atomic E-state index is 13.0. The second kappa shape index (κ2) is 3.66. The molecular formula is C11H6FN3O3. The van der Waals surface area contributed by atoms with E-state index >= 15 is 0 Å². The van der Waals surface area contributed by atoms with Crippen LogP contribution in [-0.4, -0.2) is 14.9 Å². The second-order valence-corrected chi connectivity index (χ2v) is 3.64. The largest absolute Gasteiger partial charge is 0.433 e. The van der Waals surface area contributed by atoms with Gasteiger partial charge in [-0.15, -0.1) is 0 Å². The van der Waals surface area contributed by atoms with Crippen LogP contribution in [0.4, 0.5) is 10.3 Å². The average molecular weight is 247 g/mol. The van der Waals surface area contributed by atoms with Crippen molar-refractivity contribution in [3.05, 3.63) is 46.3 Å². The summed E-state index contributed by atoms with van der Waals surface area (Å²) in [7, 11) is 0. The molecule has 0 bridgehead atoms. The Morgan fingerprint density at radius 1 is 1.33 bits per heavy atom. The lowest BCUT2D eigenvalue weighted by molar-refractivity contribution is -0.401. The fourth-order valence-electron chi connectivity index (χ4n) is 1.65. The van der Waals surface area contributed by atoms with E-state index in [4.69, 9.17) is 4.42 Å². The summed E-state index contributed by atoms with van der Waals surface area (Å²) in [5, 5.41) is 10.5. The molecule has 0 saturated heterocycles. The number of hydrogen-bond acceptors (Lipinski definition) is 4. The van der Waals surface area contributed by atoms with Crippen LogP contribution in [0.25, 0.3) is 22.6 Å². The Labute approximate surface area is 99.2 Å². The lowest BCUT2D eigenvalue weighted by atomic mass is 10.3. The van der Waals surface area contributed by atoms with Crippen LogP contribution in [0, 0.1) is 15.9 Å². The monoisotopic (exact) mass is 247 g/mol. The third-order valence-corrected chi connectivity index (χ3v) is 2.45. The highest BCUT2D eigenvalue weighted by atomic mass is 19.1. The molecule has 0 spiro atoms. The number of nitrogens with zero attached hydrogens (tertiary/aromatic N) is 2. The molecular weight excluding hydrogens is 241 g/mol. The molecule has 0 fully saturated rings. The molecule has 7 heteroatoms. The van der Waals surface area contributed by atoms with Crippen molar-refractivity contribution in [2.24, 2.45) is 0 Å². The van der Waals surface area contributed by atoms with E-state index in [0.717, 1.165) is 0 Å². The number of rotatable bonds is 2. The predicted molar refractivity (Wildman–Crippen MR) is 60.4 cm³/mol. The number of hydrogen-bond donors (Lipinski definition) is 1. The van der Waals surface area contributed by atoms with Crippen LogP contribution in [0.15, 0.2) is 34.7 Å². The van der Waals surface area contributed by atoms with Crippen molar-refractivity contribution >= 4 is 16.9 Å². The summed E-state index contributed by atoms with van der Waals surface area (Å²) >= 11 is 0. The standard InChI is InChI=1S/C11H6FN3O3/c12-6-1-2-7-8(5-6)14-11(13-7)9-3-4-10(18-9)15(16)17/h1-5H,(H,13,14). The number of aromatic amines is 1. The molecule has 0 aliphatic rings. The SMILES string of the molecule is O=[N+]([O-])c1ccc(-c2nc3cc(F)ccc3[nH]2)o1. The summed E-state index contributed by atoms with van der Waals surface area (Å²) in [5.74, 6) is -0.204. The van der Waals surface area contributed by atoms with Gasteiger partial charge in [0.15, 0.2) is 11.6 Å². The Bertz CT molecular complexity index is 747. The van der Waals surface area contributed by atoms with Gasteiger partial charge in [0, 0.05) is 6.07 Å². The normalized spacial score (nSPS) is 10.9. The molecule has 0 aliphatic carbocycles. The molecule has 2 aromatic heterocycles. The van der Waals surface area contributed by atoms with Gasteiger partial charge >= 0.3 is 5.88 Å². The van der Waals surface area contributed by atoms with E-state index < -0.39 is 10.7 Å². The minimum atomic E-state index is -0.633. The Balaban J connectivity index is 2.10. The zero-order valence-electron chi connectivity index (χ0n) is 8.88. The summed E-state index contributed by atoms with van der Waals surface area (Å²) in [6.45, 7) is 0. The lowest BCUT2D eigenvalue weighted by Crippen LogP contribution is -1.83. The van der Waals surface area contributed by atoms with E-state index in [1.54, 1.807) is 6.07 Å². The minimum absolute atomic E-state index is 0.235. The smallest absolute Gasteiger partial charge is 0.397 e. The van der Waals surface area contributed by atoms with Gasteiger partial charge < -0.3 is 9.40 Å². The molecule has 2 heterocycles. The average Bonchev–Trinajstić information content (AvgIpc) is 2.93. The molecule has 3 aromatic rings. The summed E-state index contributed by atoms with van der Waals surface area (Å²) in [6, 6.07) is 6.79. The molecule has 6 nitrogen and oxygen atoms in total. The molecule has 90 valence electrons. The van der Waals surface area contributed by atoms with Gasteiger partial charge in [-0.05, 0) is 18.2 Å². The Hall–Kier alpha value is -2.70. The first kappa shape index (κ1) is 10.5. The van der Waals surface area contributed by atoms with E-state index in [0.29, 0.717) is 16.9 Å². The molecule has 0 radical (unpaired) electrons. The van der Waals surface area contributed by atoms with Gasteiger partial charge in [0.25, 0.3) is 0 Å². The van der Waals surface area contributed by atoms with Crippen LogP contribution in [-0.2, 0) is 0 Å². The van der Waals surface area contributed by atoms with Crippen molar-refractivity contribution in [2.75, 3.05) is 0 Å². The van der Waals surface area contributed by atoms with E-state index in [2.05, 4.69) is 9.97 Å². The topological polar surface area (TPSA) is 85.0 Å². The molecule has 0 aliphatic heterocycles. The highest BCUT2D eigenvalue weighted by Gasteiger charge is 2.15. The van der Waals surface area contributed by atoms with Crippen LogP contribution in [0.1, 0.15) is 0 Å². The van der Waals surface area contributed by atoms with E-state index in [-0.39, 0.29) is 11.6 Å². The fraction of sp³-hybridized carbons (Fsp3) is 0. The van der Waals surface area contributed by atoms with Gasteiger partial charge in [-0.25, -0.2) is 9.37 Å². The van der Waals surface area contributed by atoms with Crippen LogP contribution >= 0.6 is 0 Å². The lowest BCUT2D eigenvalue weighted by Gasteiger charge is -1.87. The van der Waals surface area contributed by atoms with Crippen LogP contribution in [0.5, 0.6) is 0 Å². The van der Waals surface area contributed by atoms with E-state index in [9.17, 15) is 14.5 Å². The van der Waals surface area contributed by atoms with Gasteiger partial charge in [0.2, 0.25) is 0 Å². The zero-order chi connectivity index (χ0) is 12.7. The number of aromatic nitrogens is 2. The van der Waals surface area contributed by atoms with Crippen molar-refractivity contribution < 1.29 is 13.7 Å². The minimum Gasteiger partial charge on any atom is -0.397 e. The zero-order valence-corrected chi connectivity index (χ0v) is 8.88. The molecule has 1 N–H and O–H groups in total. The second-order valence-electron chi connectivity index (χ2n) is 3.64. The highest BCUT2D eigenvalue weighted by molar-refractivity contribution is 5.78. The highest BCUT2D eigenvalue weighted by Crippen LogP contribution is 2.25. The Morgan fingerprint density at radius 2 is 2.17 bits per heavy atom. The number of nitro groups is 1. The van der Waals surface area contributed by atoms with Crippen LogP contribution in [0.3, 0.4) is 0 Å². The first-order chi connectivity index (χ1) is 8.63. The first-order valence-electron chi connectivity index (χ1n) is 5.03. The maximum Gasteiger partial charge on any atom is 0.433 e. The number of benzene rings is 1. The Morgan fingerprint density at radius 3 is 2.89 bits per heavy atom. The summed E-state index contributed by atoms with van der Waals surface area (Å²) < 4.78 is 18.0. The number of fused-ring (bicyclic) bond motifs is 1. The summed E-state index contributed by atoms with van der Waals surface area (Å²) in [6.07, 6.45) is 0. The van der Waals surface area contributed by atoms with Crippen molar-refractivity contribution in [2.45, 2.75) is 0 Å². The number of imidazole rings is 1. The van der Waals surface area contributed by atoms with E-state index in [1.165, 1.54) is 24.3 Å². The number of halogens is 1. The molecule has 1 aromatic carbocycles. The number of H-pyrrole nitrogens is 1. The molecule has 0 amide bonds. The number of furan rings is 1. The fourth-order valence-corrected chi connectivity index (χ4v) is 1.65. The molecule has 0 atom stereocenters. The Kier molecular flexibility index (Phi) is 2.12. The molecule has 0 saturated carbocycles. The third-order valence-electron chi connectivity index (χ3n) is 2.45. The van der Waals surface area contributed by atoms with Crippen LogP contribution in [0.2, 0.25) is 0 Å². The molecule has 18 heavy (non-hydrogen) atoms. The van der Waals surface area contributed by atoms with Crippen molar-refractivity contribution in [1.82, 2.24) is 9.97 Å². The van der Waals surface area contributed by atoms with Gasteiger partial charge in [-0.3, -0.25) is 10.1 Å². The van der Waals surface area contributed by atoms with E-state index in [1.807, 2.05) is 0 Å². The molecule has 3 rings (SSSR count). The van der Waals surface area contributed by atoms with Gasteiger partial charge in [-0.1, -0.05) is 0 Å². The van der Waals surface area contributed by atoms with Gasteiger partial charge in [-0.2, -0.15) is 0 Å². The van der Waals surface area contributed by atoms with Crippen molar-refractivity contribution in [3.63, 3.8) is 0 Å². The van der Waals surface area contributed by atoms with Gasteiger partial charge in [0.1, 0.15) is 10.7 Å². The van der Waals surface area contributed by atoms with Crippen molar-refractivity contribution in [3.8, 4) is 11.6 Å². The van der Waals surface area contributed by atoms with Crippen molar-refractivity contribution in [1.29, 1.82) is 0 Å². The predicted octanol–water partition coefficient (Wildman–Crippen LogP) is 2.87. The quantitative estimate of drug-likeness (QED) is 0.557. The maximum absolute atomic E-state index is 13.0. The van der Waals surface area contributed by atoms with Crippen LogP contribution < -0.4 is 0 Å². The first-order valence-corrected chi connectivity index (χ1v) is 5.03. The molecule has 0 unspecified atom stereocenters. The van der Waals surface area contributed by atoms with Gasteiger partial charge in [0.05, 0.1) is 17.1 Å². The third kappa shape index (κ3) is 1.61.